The minimum Gasteiger partial charge on any atom is -0.453 e. The molecule has 1 heterocycles. The minimum absolute atomic E-state index is 0.0684. The summed E-state index contributed by atoms with van der Waals surface area (Å²) in [5, 5.41) is 3.49. The summed E-state index contributed by atoms with van der Waals surface area (Å²) in [5.74, 6) is -1.27. The van der Waals surface area contributed by atoms with E-state index in [1.165, 1.54) is 35.8 Å². The Hall–Kier alpha value is -4.04. The van der Waals surface area contributed by atoms with Gasteiger partial charge in [-0.05, 0) is 61.5 Å². The quantitative estimate of drug-likeness (QED) is 0.377. The molecule has 0 spiro atoms. The van der Waals surface area contributed by atoms with Gasteiger partial charge in [-0.2, -0.15) is 0 Å². The number of carbonyl (C=O) groups excluding carboxylic acids is 2. The summed E-state index contributed by atoms with van der Waals surface area (Å²) in [6, 6.07) is 18.9. The van der Waals surface area contributed by atoms with E-state index in [1.54, 1.807) is 48.5 Å². The van der Waals surface area contributed by atoms with Gasteiger partial charge in [0.15, 0.2) is 6.10 Å². The molecule has 0 aliphatic rings. The Bertz CT molecular complexity index is 1450. The van der Waals surface area contributed by atoms with Crippen LogP contribution in [0.5, 0.6) is 0 Å². The number of amides is 1. The molecule has 7 nitrogen and oxygen atoms in total. The third-order valence-electron chi connectivity index (χ3n) is 5.25. The van der Waals surface area contributed by atoms with E-state index in [0.29, 0.717) is 33.1 Å². The van der Waals surface area contributed by atoms with E-state index >= 15 is 0 Å². The highest BCUT2D eigenvalue weighted by Crippen LogP contribution is 2.17. The first kappa shape index (κ1) is 24.1. The number of ether oxygens (including phenoxy) is 1. The van der Waals surface area contributed by atoms with E-state index < -0.39 is 23.8 Å². The first-order valence-corrected chi connectivity index (χ1v) is 11.2. The monoisotopic (exact) mass is 493 g/mol. The summed E-state index contributed by atoms with van der Waals surface area (Å²) in [6.07, 6.45) is -1.11. The maximum Gasteiger partial charge on any atom is 0.307 e. The SMILES string of the molecule is C[C@H](OC(=O)CCc1nc2ccccc2c(=O)n1-c1ccc(F)cc1)C(=O)Nc1cccc(Cl)c1. The van der Waals surface area contributed by atoms with Crippen LogP contribution in [0.1, 0.15) is 19.2 Å². The smallest absolute Gasteiger partial charge is 0.307 e. The average molecular weight is 494 g/mol. The van der Waals surface area contributed by atoms with Crippen molar-refractivity contribution in [1.29, 1.82) is 0 Å². The van der Waals surface area contributed by atoms with Gasteiger partial charge in [0.2, 0.25) is 0 Å². The van der Waals surface area contributed by atoms with Crippen molar-refractivity contribution in [1.82, 2.24) is 9.55 Å². The Kier molecular flexibility index (Phi) is 7.22. The Morgan fingerprint density at radius 1 is 1.09 bits per heavy atom. The lowest BCUT2D eigenvalue weighted by molar-refractivity contribution is -0.153. The summed E-state index contributed by atoms with van der Waals surface area (Å²) in [4.78, 5) is 42.6. The Morgan fingerprint density at radius 2 is 1.83 bits per heavy atom. The summed E-state index contributed by atoms with van der Waals surface area (Å²) in [7, 11) is 0. The molecule has 0 aliphatic heterocycles. The number of rotatable bonds is 7. The molecule has 0 saturated carbocycles. The molecule has 0 unspecified atom stereocenters. The van der Waals surface area contributed by atoms with Crippen molar-refractivity contribution < 1.29 is 18.7 Å². The van der Waals surface area contributed by atoms with Gasteiger partial charge >= 0.3 is 5.97 Å². The molecular weight excluding hydrogens is 473 g/mol. The number of nitrogens with one attached hydrogen (secondary N) is 1. The van der Waals surface area contributed by atoms with Crippen molar-refractivity contribution in [3.8, 4) is 5.69 Å². The number of benzene rings is 3. The number of esters is 1. The zero-order chi connectivity index (χ0) is 24.9. The highest BCUT2D eigenvalue weighted by molar-refractivity contribution is 6.30. The van der Waals surface area contributed by atoms with Crippen LogP contribution in [0.2, 0.25) is 5.02 Å². The fraction of sp³-hybridized carbons (Fsp3) is 0.154. The van der Waals surface area contributed by atoms with Gasteiger partial charge in [0, 0.05) is 17.1 Å². The number of para-hydroxylation sites is 1. The van der Waals surface area contributed by atoms with Crippen LogP contribution in [0.4, 0.5) is 10.1 Å². The maximum atomic E-state index is 13.5. The van der Waals surface area contributed by atoms with Crippen molar-refractivity contribution in [3.05, 3.63) is 99.8 Å². The van der Waals surface area contributed by atoms with Gasteiger partial charge in [0.25, 0.3) is 11.5 Å². The largest absolute Gasteiger partial charge is 0.453 e. The second-order valence-electron chi connectivity index (χ2n) is 7.79. The highest BCUT2D eigenvalue weighted by atomic mass is 35.5. The minimum atomic E-state index is -1.05. The Balaban J connectivity index is 1.50. The van der Waals surface area contributed by atoms with Crippen LogP contribution >= 0.6 is 11.6 Å². The number of carbonyl (C=O) groups is 2. The van der Waals surface area contributed by atoms with E-state index in [0.717, 1.165) is 0 Å². The molecular formula is C26H21ClFN3O4. The summed E-state index contributed by atoms with van der Waals surface area (Å²) >= 11 is 5.92. The molecule has 35 heavy (non-hydrogen) atoms. The second-order valence-corrected chi connectivity index (χ2v) is 8.23. The zero-order valence-electron chi connectivity index (χ0n) is 18.7. The summed E-state index contributed by atoms with van der Waals surface area (Å²) < 4.78 is 20.1. The lowest BCUT2D eigenvalue weighted by Crippen LogP contribution is -2.30. The van der Waals surface area contributed by atoms with Gasteiger partial charge < -0.3 is 10.1 Å². The molecule has 3 aromatic carbocycles. The molecule has 1 N–H and O–H groups in total. The lowest BCUT2D eigenvalue weighted by atomic mass is 10.2. The van der Waals surface area contributed by atoms with Crippen LogP contribution in [0.15, 0.2) is 77.6 Å². The molecule has 4 aromatic rings. The van der Waals surface area contributed by atoms with Crippen molar-refractivity contribution in [2.45, 2.75) is 25.9 Å². The number of hydrogen-bond acceptors (Lipinski definition) is 5. The van der Waals surface area contributed by atoms with Gasteiger partial charge in [-0.15, -0.1) is 0 Å². The molecule has 4 rings (SSSR count). The molecule has 1 amide bonds. The molecule has 0 aliphatic carbocycles. The zero-order valence-corrected chi connectivity index (χ0v) is 19.5. The standard InChI is InChI=1S/C26H21ClFN3O4/c1-16(25(33)29-19-6-4-5-17(27)15-19)35-24(32)14-13-23-30-22-8-3-2-7-21(22)26(34)31(23)20-11-9-18(28)10-12-20/h2-12,15-16H,13-14H2,1H3,(H,29,33)/t16-/m0/s1. The predicted octanol–water partition coefficient (Wildman–Crippen LogP) is 4.68. The van der Waals surface area contributed by atoms with E-state index in [1.807, 2.05) is 0 Å². The van der Waals surface area contributed by atoms with Crippen molar-refractivity contribution in [2.24, 2.45) is 0 Å². The molecule has 0 saturated heterocycles. The molecule has 178 valence electrons. The van der Waals surface area contributed by atoms with Crippen molar-refractivity contribution in [2.75, 3.05) is 5.32 Å². The fourth-order valence-corrected chi connectivity index (χ4v) is 3.73. The van der Waals surface area contributed by atoms with Gasteiger partial charge in [0.05, 0.1) is 23.0 Å². The van der Waals surface area contributed by atoms with E-state index in [9.17, 15) is 18.8 Å². The van der Waals surface area contributed by atoms with Gasteiger partial charge in [-0.25, -0.2) is 9.37 Å². The van der Waals surface area contributed by atoms with Gasteiger partial charge in [-0.3, -0.25) is 19.0 Å². The van der Waals surface area contributed by atoms with E-state index in [-0.39, 0.29) is 18.4 Å². The van der Waals surface area contributed by atoms with E-state index in [2.05, 4.69) is 10.3 Å². The number of halogens is 2. The van der Waals surface area contributed by atoms with E-state index in [4.69, 9.17) is 16.3 Å². The first-order chi connectivity index (χ1) is 16.8. The maximum absolute atomic E-state index is 13.5. The van der Waals surface area contributed by atoms with Crippen molar-refractivity contribution >= 4 is 40.1 Å². The number of anilines is 1. The highest BCUT2D eigenvalue weighted by Gasteiger charge is 2.20. The van der Waals surface area contributed by atoms with Crippen molar-refractivity contribution in [3.63, 3.8) is 0 Å². The predicted molar refractivity (Wildman–Crippen MR) is 131 cm³/mol. The molecule has 1 atom stereocenters. The normalized spacial score (nSPS) is 11.7. The lowest BCUT2D eigenvalue weighted by Gasteiger charge is -2.15. The molecule has 0 fully saturated rings. The number of aromatic nitrogens is 2. The summed E-state index contributed by atoms with van der Waals surface area (Å²) in [6.45, 7) is 1.46. The van der Waals surface area contributed by atoms with Crippen LogP contribution in [0, 0.1) is 5.82 Å². The fourth-order valence-electron chi connectivity index (χ4n) is 3.54. The molecule has 0 bridgehead atoms. The second kappa shape index (κ2) is 10.5. The van der Waals surface area contributed by atoms with Crippen LogP contribution in [-0.2, 0) is 20.7 Å². The third kappa shape index (κ3) is 5.73. The molecule has 1 aromatic heterocycles. The van der Waals surface area contributed by atoms with Crippen LogP contribution in [0.3, 0.4) is 0 Å². The average Bonchev–Trinajstić information content (AvgIpc) is 2.83. The first-order valence-electron chi connectivity index (χ1n) is 10.8. The number of hydrogen-bond donors (Lipinski definition) is 1. The molecule has 9 heteroatoms. The summed E-state index contributed by atoms with van der Waals surface area (Å²) in [5.41, 5.74) is 1.05. The van der Waals surface area contributed by atoms with Gasteiger partial charge in [0.1, 0.15) is 11.6 Å². The van der Waals surface area contributed by atoms with Crippen LogP contribution < -0.4 is 10.9 Å². The number of fused-ring (bicyclic) bond motifs is 1. The molecule has 0 radical (unpaired) electrons. The topological polar surface area (TPSA) is 90.3 Å². The Morgan fingerprint density at radius 3 is 2.57 bits per heavy atom. The number of aryl methyl sites for hydroxylation is 1. The van der Waals surface area contributed by atoms with Crippen LogP contribution in [-0.4, -0.2) is 27.5 Å². The third-order valence-corrected chi connectivity index (χ3v) is 5.49. The Labute approximate surface area is 205 Å². The number of nitrogens with zero attached hydrogens (tertiary/aromatic N) is 2. The van der Waals surface area contributed by atoms with Gasteiger partial charge in [-0.1, -0.05) is 29.8 Å². The van der Waals surface area contributed by atoms with Crippen LogP contribution in [0.25, 0.3) is 16.6 Å².